The number of thioether (sulfide) groups is 1. The maximum absolute atomic E-state index is 12.6. The van der Waals surface area contributed by atoms with Crippen LogP contribution in [0, 0.1) is 0 Å². The third-order valence-corrected chi connectivity index (χ3v) is 6.67. The van der Waals surface area contributed by atoms with Gasteiger partial charge >= 0.3 is 12.1 Å². The van der Waals surface area contributed by atoms with Crippen molar-refractivity contribution in [2.24, 2.45) is 5.73 Å². The molecule has 212 valence electrons. The minimum absolute atomic E-state index is 0.0290. The Morgan fingerprint density at radius 1 is 0.854 bits per heavy atom. The second-order valence-electron chi connectivity index (χ2n) is 8.74. The number of benzene rings is 4. The number of alkyl halides is 3. The first-order valence-electron chi connectivity index (χ1n) is 12.4. The lowest BCUT2D eigenvalue weighted by Crippen LogP contribution is -2.31. The molecular weight excluding hydrogens is 553 g/mol. The van der Waals surface area contributed by atoms with Crippen LogP contribution >= 0.6 is 11.8 Å². The molecule has 4 rings (SSSR count). The largest absolute Gasteiger partial charge is 0.481 e. The molecule has 6 nitrogen and oxygen atoms in total. The molecule has 0 saturated carbocycles. The summed E-state index contributed by atoms with van der Waals surface area (Å²) in [6.07, 6.45) is -2.84. The lowest BCUT2D eigenvalue weighted by atomic mass is 10.1. The van der Waals surface area contributed by atoms with Crippen LogP contribution in [0.15, 0.2) is 103 Å². The van der Waals surface area contributed by atoms with E-state index in [1.54, 1.807) is 17.8 Å². The first-order valence-corrected chi connectivity index (χ1v) is 13.5. The van der Waals surface area contributed by atoms with Crippen molar-refractivity contribution in [1.82, 2.24) is 5.32 Å². The highest BCUT2D eigenvalue weighted by molar-refractivity contribution is 7.98. The molecule has 0 fully saturated rings. The predicted octanol–water partition coefficient (Wildman–Crippen LogP) is 6.51. The number of fused-ring (bicyclic) bond motifs is 1. The Kier molecular flexibility index (Phi) is 11.1. The Hall–Kier alpha value is -4.57. The number of nitrogens with one attached hydrogen (secondary N) is 1. The number of halogens is 3. The van der Waals surface area contributed by atoms with Crippen molar-refractivity contribution in [3.05, 3.63) is 125 Å². The first kappa shape index (κ1) is 31.0. The molecule has 41 heavy (non-hydrogen) atoms. The Morgan fingerprint density at radius 3 is 2.10 bits per heavy atom. The maximum atomic E-state index is 12.6. The van der Waals surface area contributed by atoms with Crippen LogP contribution in [0.3, 0.4) is 0 Å². The van der Waals surface area contributed by atoms with E-state index in [0.717, 1.165) is 40.8 Å². The molecule has 0 saturated heterocycles. The molecule has 0 spiro atoms. The number of rotatable bonds is 9. The number of carbonyl (C=O) groups is 3. The summed E-state index contributed by atoms with van der Waals surface area (Å²) >= 11 is 1.65. The van der Waals surface area contributed by atoms with Gasteiger partial charge in [0.05, 0.1) is 12.0 Å². The zero-order valence-corrected chi connectivity index (χ0v) is 22.5. The number of amides is 2. The van der Waals surface area contributed by atoms with Crippen molar-refractivity contribution in [3.63, 3.8) is 0 Å². The minimum Gasteiger partial charge on any atom is -0.481 e. The standard InChI is InChI=1S/C21H15F3N2O2.C10H12O2S/c22-21(23,24)17-9-7-15(8-10-17)20(28)26-18(19(25)27)12-13-5-6-14-3-1-2-4-16(14)11-13;11-10(12)6-7-13-8-9-4-2-1-3-5-9/h1-12H,(H2,25,27)(H,26,28);1-5H,6-8H2,(H,11,12)/b18-12+;. The first-order chi connectivity index (χ1) is 19.5. The Morgan fingerprint density at radius 2 is 1.49 bits per heavy atom. The van der Waals surface area contributed by atoms with Crippen LogP contribution in [0.2, 0.25) is 0 Å². The van der Waals surface area contributed by atoms with E-state index in [0.29, 0.717) is 11.3 Å². The van der Waals surface area contributed by atoms with Crippen molar-refractivity contribution in [2.45, 2.75) is 18.3 Å². The Balaban J connectivity index is 0.000000298. The molecule has 0 aromatic heterocycles. The number of hydrogen-bond acceptors (Lipinski definition) is 4. The maximum Gasteiger partial charge on any atom is 0.416 e. The SMILES string of the molecule is NC(=O)/C(=C\c1ccc2ccccc2c1)NC(=O)c1ccc(C(F)(F)F)cc1.O=C(O)CCSCc1ccccc1. The van der Waals surface area contributed by atoms with Crippen LogP contribution in [-0.2, 0) is 21.5 Å². The number of carboxylic acids is 1. The van der Waals surface area contributed by atoms with Gasteiger partial charge in [-0.2, -0.15) is 24.9 Å². The van der Waals surface area contributed by atoms with Crippen LogP contribution in [0.5, 0.6) is 0 Å². The zero-order valence-electron chi connectivity index (χ0n) is 21.7. The Bertz CT molecular complexity index is 1520. The molecule has 4 aromatic rings. The van der Waals surface area contributed by atoms with Crippen LogP contribution in [0.1, 0.15) is 33.5 Å². The highest BCUT2D eigenvalue weighted by atomic mass is 32.2. The van der Waals surface area contributed by atoms with E-state index in [9.17, 15) is 27.6 Å². The molecule has 4 N–H and O–H groups in total. The molecule has 0 bridgehead atoms. The van der Waals surface area contributed by atoms with Gasteiger partial charge in [-0.1, -0.05) is 66.7 Å². The summed E-state index contributed by atoms with van der Waals surface area (Å²) in [6.45, 7) is 0. The molecule has 2 amide bonds. The van der Waals surface area contributed by atoms with Crippen molar-refractivity contribution < 1.29 is 32.7 Å². The number of nitrogens with two attached hydrogens (primary N) is 1. The number of hydrogen-bond donors (Lipinski definition) is 3. The van der Waals surface area contributed by atoms with Crippen LogP contribution < -0.4 is 11.1 Å². The van der Waals surface area contributed by atoms with Crippen molar-refractivity contribution in [2.75, 3.05) is 5.75 Å². The molecule has 4 aromatic carbocycles. The average Bonchev–Trinajstić information content (AvgIpc) is 2.95. The van der Waals surface area contributed by atoms with E-state index in [4.69, 9.17) is 10.8 Å². The highest BCUT2D eigenvalue weighted by Crippen LogP contribution is 2.29. The van der Waals surface area contributed by atoms with E-state index < -0.39 is 29.5 Å². The molecule has 0 aliphatic heterocycles. The van der Waals surface area contributed by atoms with Gasteiger partial charge < -0.3 is 16.2 Å². The second-order valence-corrected chi connectivity index (χ2v) is 9.85. The number of carbonyl (C=O) groups excluding carboxylic acids is 2. The summed E-state index contributed by atoms with van der Waals surface area (Å²) in [4.78, 5) is 34.2. The predicted molar refractivity (Wildman–Crippen MR) is 155 cm³/mol. The second kappa shape index (κ2) is 14.7. The molecule has 0 unspecified atom stereocenters. The van der Waals surface area contributed by atoms with E-state index in [1.165, 1.54) is 11.6 Å². The summed E-state index contributed by atoms with van der Waals surface area (Å²) in [5.41, 5.74) is 6.16. The molecule has 10 heteroatoms. The topological polar surface area (TPSA) is 109 Å². The van der Waals surface area contributed by atoms with Gasteiger partial charge in [-0.15, -0.1) is 0 Å². The minimum atomic E-state index is -4.50. The quantitative estimate of drug-likeness (QED) is 0.155. The smallest absolute Gasteiger partial charge is 0.416 e. The monoisotopic (exact) mass is 580 g/mol. The molecule has 0 radical (unpaired) electrons. The number of carboxylic acid groups (broad SMARTS) is 1. The molecule has 0 atom stereocenters. The lowest BCUT2D eigenvalue weighted by Gasteiger charge is -2.09. The highest BCUT2D eigenvalue weighted by Gasteiger charge is 2.30. The zero-order chi connectivity index (χ0) is 29.8. The van der Waals surface area contributed by atoms with Gasteiger partial charge in [0.15, 0.2) is 0 Å². The van der Waals surface area contributed by atoms with Gasteiger partial charge in [-0.25, -0.2) is 0 Å². The molecule has 0 aliphatic rings. The molecule has 0 aliphatic carbocycles. The van der Waals surface area contributed by atoms with Crippen LogP contribution in [0.25, 0.3) is 16.8 Å². The van der Waals surface area contributed by atoms with Gasteiger partial charge in [0.1, 0.15) is 5.70 Å². The van der Waals surface area contributed by atoms with Gasteiger partial charge in [0.2, 0.25) is 0 Å². The summed E-state index contributed by atoms with van der Waals surface area (Å²) in [7, 11) is 0. The van der Waals surface area contributed by atoms with Crippen molar-refractivity contribution in [3.8, 4) is 0 Å². The van der Waals surface area contributed by atoms with Crippen LogP contribution in [-0.4, -0.2) is 28.6 Å². The number of aliphatic carboxylic acids is 1. The average molecular weight is 581 g/mol. The van der Waals surface area contributed by atoms with Gasteiger partial charge in [0.25, 0.3) is 11.8 Å². The molecule has 0 heterocycles. The normalized spacial score (nSPS) is 11.3. The van der Waals surface area contributed by atoms with Gasteiger partial charge in [-0.05, 0) is 58.3 Å². The fourth-order valence-corrected chi connectivity index (χ4v) is 4.45. The third-order valence-electron chi connectivity index (χ3n) is 5.64. The molecular formula is C31H27F3N2O4S. The van der Waals surface area contributed by atoms with E-state index in [-0.39, 0.29) is 17.7 Å². The fraction of sp³-hybridized carbons (Fsp3) is 0.129. The summed E-state index contributed by atoms with van der Waals surface area (Å²) < 4.78 is 37.9. The van der Waals surface area contributed by atoms with E-state index in [2.05, 4.69) is 5.32 Å². The van der Waals surface area contributed by atoms with Crippen molar-refractivity contribution in [1.29, 1.82) is 0 Å². The number of primary amides is 1. The van der Waals surface area contributed by atoms with E-state index >= 15 is 0 Å². The van der Waals surface area contributed by atoms with E-state index in [1.807, 2.05) is 66.7 Å². The Labute approximate surface area is 239 Å². The third kappa shape index (κ3) is 10.2. The summed E-state index contributed by atoms with van der Waals surface area (Å²) in [6, 6.07) is 26.8. The summed E-state index contributed by atoms with van der Waals surface area (Å²) in [5.74, 6) is -0.744. The van der Waals surface area contributed by atoms with Gasteiger partial charge in [0, 0.05) is 17.1 Å². The summed E-state index contributed by atoms with van der Waals surface area (Å²) in [5, 5.41) is 12.7. The lowest BCUT2D eigenvalue weighted by molar-refractivity contribution is -0.138. The fourth-order valence-electron chi connectivity index (χ4n) is 3.56. The van der Waals surface area contributed by atoms with Crippen molar-refractivity contribution >= 4 is 46.4 Å². The van der Waals surface area contributed by atoms with Gasteiger partial charge in [-0.3, -0.25) is 14.4 Å². The van der Waals surface area contributed by atoms with Crippen LogP contribution in [0.4, 0.5) is 13.2 Å².